The standard InChI is InChI=1S/C17H24N6O4/c1-26-13-7-11-12(8-14(13)27-2)23(22-5-3-20-4-6-22)10-21-17(11,19)15(24)9-16(18)25/h7-8,10,20H,3-6,9,19H2,1-2H3,(H2,18,25). The lowest BCUT2D eigenvalue weighted by atomic mass is 9.91. The largest absolute Gasteiger partial charge is 0.493 e. The van der Waals surface area contributed by atoms with Crippen molar-refractivity contribution >= 4 is 23.7 Å². The maximum atomic E-state index is 12.7. The van der Waals surface area contributed by atoms with Crippen LogP contribution in [-0.4, -0.2) is 63.4 Å². The minimum Gasteiger partial charge on any atom is -0.493 e. The normalized spacial score (nSPS) is 22.3. The van der Waals surface area contributed by atoms with Crippen LogP contribution in [0.25, 0.3) is 0 Å². The van der Waals surface area contributed by atoms with Crippen molar-refractivity contribution in [2.45, 2.75) is 12.1 Å². The number of hydrazine groups is 1. The molecule has 0 radical (unpaired) electrons. The Labute approximate surface area is 157 Å². The molecule has 1 saturated heterocycles. The Kier molecular flexibility index (Phi) is 5.31. The highest BCUT2D eigenvalue weighted by Crippen LogP contribution is 2.42. The van der Waals surface area contributed by atoms with Gasteiger partial charge < -0.3 is 20.5 Å². The van der Waals surface area contributed by atoms with Crippen LogP contribution in [0.5, 0.6) is 11.5 Å². The first-order valence-electron chi connectivity index (χ1n) is 8.58. The maximum absolute atomic E-state index is 12.7. The highest BCUT2D eigenvalue weighted by Gasteiger charge is 2.43. The summed E-state index contributed by atoms with van der Waals surface area (Å²) < 4.78 is 10.8. The summed E-state index contributed by atoms with van der Waals surface area (Å²) in [6.45, 7) is 3.15. The summed E-state index contributed by atoms with van der Waals surface area (Å²) in [4.78, 5) is 28.2. The molecule has 0 aliphatic carbocycles. The lowest BCUT2D eigenvalue weighted by Gasteiger charge is -2.42. The fraction of sp³-hybridized carbons (Fsp3) is 0.471. The molecule has 1 aromatic rings. The zero-order chi connectivity index (χ0) is 19.6. The van der Waals surface area contributed by atoms with E-state index in [-0.39, 0.29) is 0 Å². The number of nitrogens with zero attached hydrogens (tertiary/aromatic N) is 3. The number of amides is 1. The van der Waals surface area contributed by atoms with E-state index in [4.69, 9.17) is 20.9 Å². The number of carbonyl (C=O) groups is 2. The third-order valence-electron chi connectivity index (χ3n) is 4.69. The SMILES string of the molecule is COc1cc2c(cc1OC)C(N)(C(=O)CC(N)=O)N=CN2N1CCNCC1. The van der Waals surface area contributed by atoms with E-state index < -0.39 is 23.8 Å². The topological polar surface area (TPSA) is 136 Å². The molecule has 5 N–H and O–H groups in total. The highest BCUT2D eigenvalue weighted by molar-refractivity contribution is 6.05. The fourth-order valence-corrected chi connectivity index (χ4v) is 3.25. The van der Waals surface area contributed by atoms with Crippen LogP contribution in [0.2, 0.25) is 0 Å². The number of methoxy groups -OCH3 is 2. The average molecular weight is 376 g/mol. The number of aliphatic imine (C=N–C) groups is 1. The number of anilines is 1. The predicted octanol–water partition coefficient (Wildman–Crippen LogP) is -1.07. The van der Waals surface area contributed by atoms with Gasteiger partial charge in [0.2, 0.25) is 5.91 Å². The molecule has 1 atom stereocenters. The minimum atomic E-state index is -1.73. The first-order valence-corrected chi connectivity index (χ1v) is 8.58. The van der Waals surface area contributed by atoms with Gasteiger partial charge in [-0.15, -0.1) is 0 Å². The van der Waals surface area contributed by atoms with Crippen molar-refractivity contribution in [3.8, 4) is 11.5 Å². The first kappa shape index (κ1) is 19.1. The molecule has 10 nitrogen and oxygen atoms in total. The van der Waals surface area contributed by atoms with Gasteiger partial charge in [0, 0.05) is 37.8 Å². The number of hydrogen-bond acceptors (Lipinski definition) is 9. The zero-order valence-electron chi connectivity index (χ0n) is 15.4. The van der Waals surface area contributed by atoms with Crippen LogP contribution in [0.4, 0.5) is 5.69 Å². The van der Waals surface area contributed by atoms with Gasteiger partial charge in [-0.25, -0.2) is 10.0 Å². The highest BCUT2D eigenvalue weighted by atomic mass is 16.5. The van der Waals surface area contributed by atoms with E-state index in [2.05, 4.69) is 15.3 Å². The number of nitrogens with one attached hydrogen (secondary N) is 1. The molecule has 0 spiro atoms. The predicted molar refractivity (Wildman–Crippen MR) is 99.6 cm³/mol. The molecule has 3 rings (SSSR count). The van der Waals surface area contributed by atoms with Gasteiger partial charge in [-0.3, -0.25) is 20.3 Å². The van der Waals surface area contributed by atoms with E-state index >= 15 is 0 Å². The van der Waals surface area contributed by atoms with Gasteiger partial charge in [0.15, 0.2) is 22.9 Å². The van der Waals surface area contributed by atoms with Crippen molar-refractivity contribution in [2.24, 2.45) is 16.5 Å². The second-order valence-corrected chi connectivity index (χ2v) is 6.35. The molecule has 10 heteroatoms. The molecular formula is C17H24N6O4. The molecule has 27 heavy (non-hydrogen) atoms. The summed E-state index contributed by atoms with van der Waals surface area (Å²) in [6, 6.07) is 3.37. The van der Waals surface area contributed by atoms with Gasteiger partial charge in [-0.2, -0.15) is 0 Å². The smallest absolute Gasteiger partial charge is 0.225 e. The van der Waals surface area contributed by atoms with Crippen LogP contribution in [-0.2, 0) is 15.3 Å². The Bertz CT molecular complexity index is 777. The quantitative estimate of drug-likeness (QED) is 0.534. The fourth-order valence-electron chi connectivity index (χ4n) is 3.25. The van der Waals surface area contributed by atoms with Crippen LogP contribution >= 0.6 is 0 Å². The van der Waals surface area contributed by atoms with Gasteiger partial charge in [0.25, 0.3) is 0 Å². The van der Waals surface area contributed by atoms with Crippen LogP contribution in [0.1, 0.15) is 12.0 Å². The monoisotopic (exact) mass is 376 g/mol. The number of carbonyl (C=O) groups excluding carboxylic acids is 2. The third kappa shape index (κ3) is 3.46. The Morgan fingerprint density at radius 1 is 1.22 bits per heavy atom. The van der Waals surface area contributed by atoms with E-state index in [1.54, 1.807) is 12.1 Å². The summed E-state index contributed by atoms with van der Waals surface area (Å²) in [6.07, 6.45) is 1.01. The Balaban J connectivity index is 2.12. The van der Waals surface area contributed by atoms with Gasteiger partial charge in [-0.1, -0.05) is 0 Å². The molecule has 0 aromatic heterocycles. The Morgan fingerprint density at radius 3 is 2.44 bits per heavy atom. The number of primary amides is 1. The number of Topliss-reactive ketones (excluding diaryl/α,β-unsaturated/α-hetero) is 1. The molecule has 2 aliphatic heterocycles. The van der Waals surface area contributed by atoms with E-state index in [0.29, 0.717) is 22.7 Å². The van der Waals surface area contributed by atoms with Gasteiger partial charge in [-0.05, 0) is 6.07 Å². The van der Waals surface area contributed by atoms with E-state index in [1.807, 2.05) is 5.01 Å². The minimum absolute atomic E-state index is 0.412. The molecule has 0 saturated carbocycles. The second kappa shape index (κ2) is 7.51. The molecular weight excluding hydrogens is 352 g/mol. The summed E-state index contributed by atoms with van der Waals surface area (Å²) in [5, 5.41) is 7.22. The van der Waals surface area contributed by atoms with Crippen LogP contribution in [0.3, 0.4) is 0 Å². The number of piperazine rings is 1. The number of ketones is 1. The number of benzene rings is 1. The Hall–Kier alpha value is -2.69. The molecule has 2 heterocycles. The molecule has 146 valence electrons. The molecule has 1 aromatic carbocycles. The molecule has 2 aliphatic rings. The van der Waals surface area contributed by atoms with E-state index in [9.17, 15) is 9.59 Å². The van der Waals surface area contributed by atoms with E-state index in [1.165, 1.54) is 20.6 Å². The first-order chi connectivity index (χ1) is 12.9. The summed E-state index contributed by atoms with van der Waals surface area (Å²) in [5.74, 6) is -0.432. The summed E-state index contributed by atoms with van der Waals surface area (Å²) >= 11 is 0. The molecule has 1 unspecified atom stereocenters. The molecule has 1 amide bonds. The molecule has 0 bridgehead atoms. The number of nitrogens with two attached hydrogens (primary N) is 2. The van der Waals surface area contributed by atoms with Crippen molar-refractivity contribution in [2.75, 3.05) is 45.4 Å². The van der Waals surface area contributed by atoms with Crippen molar-refractivity contribution in [3.63, 3.8) is 0 Å². The van der Waals surface area contributed by atoms with E-state index in [0.717, 1.165) is 26.2 Å². The maximum Gasteiger partial charge on any atom is 0.225 e. The average Bonchev–Trinajstić information content (AvgIpc) is 2.67. The number of hydrogen-bond donors (Lipinski definition) is 3. The van der Waals surface area contributed by atoms with Crippen molar-refractivity contribution in [1.29, 1.82) is 0 Å². The summed E-state index contributed by atoms with van der Waals surface area (Å²) in [7, 11) is 3.03. The number of fused-ring (bicyclic) bond motifs is 1. The van der Waals surface area contributed by atoms with Gasteiger partial charge in [0.1, 0.15) is 6.34 Å². The zero-order valence-corrected chi connectivity index (χ0v) is 15.4. The third-order valence-corrected chi connectivity index (χ3v) is 4.69. The van der Waals surface area contributed by atoms with Crippen molar-refractivity contribution in [1.82, 2.24) is 10.3 Å². The second-order valence-electron chi connectivity index (χ2n) is 6.35. The van der Waals surface area contributed by atoms with Crippen LogP contribution in [0, 0.1) is 0 Å². The lowest BCUT2D eigenvalue weighted by Crippen LogP contribution is -2.56. The summed E-state index contributed by atoms with van der Waals surface area (Å²) in [5.41, 5.74) is 10.9. The Morgan fingerprint density at radius 2 is 1.85 bits per heavy atom. The van der Waals surface area contributed by atoms with Crippen LogP contribution < -0.4 is 31.3 Å². The van der Waals surface area contributed by atoms with Crippen molar-refractivity contribution < 1.29 is 19.1 Å². The lowest BCUT2D eigenvalue weighted by molar-refractivity contribution is -0.129. The van der Waals surface area contributed by atoms with Gasteiger partial charge >= 0.3 is 0 Å². The van der Waals surface area contributed by atoms with Gasteiger partial charge in [0.05, 0.1) is 26.3 Å². The van der Waals surface area contributed by atoms with Crippen molar-refractivity contribution in [3.05, 3.63) is 17.7 Å². The molecule has 1 fully saturated rings. The number of rotatable bonds is 6. The number of ether oxygens (including phenoxy) is 2. The van der Waals surface area contributed by atoms with Crippen LogP contribution in [0.15, 0.2) is 17.1 Å².